The predicted octanol–water partition coefficient (Wildman–Crippen LogP) is 1.63. The Morgan fingerprint density at radius 1 is 1.56 bits per heavy atom. The van der Waals surface area contributed by atoms with Gasteiger partial charge in [0.15, 0.2) is 0 Å². The number of hydrogen-bond donors (Lipinski definition) is 2. The molecular weight excluding hydrogens is 248 g/mol. The minimum absolute atomic E-state index is 0.338. The normalized spacial score (nSPS) is 14.2. The number of carbonyl (C=O) groups is 1. The number of nitrogens with one attached hydrogen (secondary N) is 1. The Balaban J connectivity index is 2.84. The summed E-state index contributed by atoms with van der Waals surface area (Å²) in [6.45, 7) is 1.59. The predicted molar refractivity (Wildman–Crippen MR) is 68.0 cm³/mol. The van der Waals surface area contributed by atoms with Crippen LogP contribution in [-0.4, -0.2) is 21.6 Å². The second-order valence-corrected chi connectivity index (χ2v) is 5.50. The van der Waals surface area contributed by atoms with E-state index in [1.54, 1.807) is 25.1 Å². The van der Waals surface area contributed by atoms with Crippen molar-refractivity contribution in [1.29, 1.82) is 0 Å². The molecule has 6 heteroatoms. The highest BCUT2D eigenvalue weighted by molar-refractivity contribution is 7.85. The Morgan fingerprint density at radius 3 is 2.75 bits per heavy atom. The maximum absolute atomic E-state index is 11.6. The Bertz CT molecular complexity index is 437. The molecule has 0 heterocycles. The number of benzene rings is 1. The lowest BCUT2D eigenvalue weighted by Crippen LogP contribution is -2.28. The molecule has 2 unspecified atom stereocenters. The second-order valence-electron chi connectivity index (χ2n) is 3.36. The molecule has 0 bridgehead atoms. The number of anilines is 2. The van der Waals surface area contributed by atoms with Gasteiger partial charge in [-0.2, -0.15) is 0 Å². The molecule has 0 saturated heterocycles. The van der Waals surface area contributed by atoms with E-state index >= 15 is 0 Å². The Morgan fingerprint density at radius 2 is 2.19 bits per heavy atom. The highest BCUT2D eigenvalue weighted by atomic mass is 35.5. The number of rotatable bonds is 3. The standard InChI is InChI=1S/C10H13ClN2O2S/c1-6(16(2)15)10(14)13-9-5-7(11)3-4-8(9)12/h3-6H,12H2,1-2H3,(H,13,14). The van der Waals surface area contributed by atoms with E-state index in [0.29, 0.717) is 16.4 Å². The van der Waals surface area contributed by atoms with Crippen molar-refractivity contribution in [3.05, 3.63) is 23.2 Å². The Kier molecular flexibility index (Phi) is 4.32. The fraction of sp³-hybridized carbons (Fsp3) is 0.300. The van der Waals surface area contributed by atoms with E-state index < -0.39 is 16.0 Å². The third kappa shape index (κ3) is 3.21. The minimum atomic E-state index is -1.21. The maximum Gasteiger partial charge on any atom is 0.239 e. The van der Waals surface area contributed by atoms with Gasteiger partial charge in [0.1, 0.15) is 5.25 Å². The van der Waals surface area contributed by atoms with Crippen LogP contribution in [0.15, 0.2) is 18.2 Å². The van der Waals surface area contributed by atoms with Crippen molar-refractivity contribution < 1.29 is 9.00 Å². The molecule has 4 nitrogen and oxygen atoms in total. The van der Waals surface area contributed by atoms with Crippen LogP contribution in [0.5, 0.6) is 0 Å². The van der Waals surface area contributed by atoms with E-state index in [2.05, 4.69) is 5.32 Å². The molecule has 16 heavy (non-hydrogen) atoms. The van der Waals surface area contributed by atoms with Gasteiger partial charge in [-0.25, -0.2) is 0 Å². The van der Waals surface area contributed by atoms with Crippen LogP contribution in [0.1, 0.15) is 6.92 Å². The molecule has 0 spiro atoms. The molecule has 1 rings (SSSR count). The van der Waals surface area contributed by atoms with E-state index in [1.165, 1.54) is 6.26 Å². The summed E-state index contributed by atoms with van der Waals surface area (Å²) in [7, 11) is -1.21. The molecule has 1 amide bonds. The first-order chi connectivity index (χ1) is 7.41. The van der Waals surface area contributed by atoms with Gasteiger partial charge in [0.2, 0.25) is 5.91 Å². The van der Waals surface area contributed by atoms with Crippen molar-refractivity contribution in [2.45, 2.75) is 12.2 Å². The maximum atomic E-state index is 11.6. The van der Waals surface area contributed by atoms with Gasteiger partial charge in [-0.1, -0.05) is 11.6 Å². The van der Waals surface area contributed by atoms with Crippen molar-refractivity contribution in [1.82, 2.24) is 0 Å². The summed E-state index contributed by atoms with van der Waals surface area (Å²) in [5.74, 6) is -0.338. The highest BCUT2D eigenvalue weighted by Gasteiger charge is 2.17. The highest BCUT2D eigenvalue weighted by Crippen LogP contribution is 2.23. The lowest BCUT2D eigenvalue weighted by molar-refractivity contribution is -0.115. The van der Waals surface area contributed by atoms with Crippen LogP contribution < -0.4 is 11.1 Å². The van der Waals surface area contributed by atoms with Crippen molar-refractivity contribution in [2.75, 3.05) is 17.3 Å². The van der Waals surface area contributed by atoms with E-state index in [9.17, 15) is 9.00 Å². The van der Waals surface area contributed by atoms with Crippen LogP contribution in [0.2, 0.25) is 5.02 Å². The quantitative estimate of drug-likeness (QED) is 0.812. The van der Waals surface area contributed by atoms with E-state index in [4.69, 9.17) is 17.3 Å². The van der Waals surface area contributed by atoms with Gasteiger partial charge in [0.25, 0.3) is 0 Å². The molecule has 0 saturated carbocycles. The molecule has 1 aromatic carbocycles. The third-order valence-corrected chi connectivity index (χ3v) is 3.59. The Labute approximate surface area is 102 Å². The molecule has 0 fully saturated rings. The monoisotopic (exact) mass is 260 g/mol. The van der Waals surface area contributed by atoms with Crippen LogP contribution in [0.3, 0.4) is 0 Å². The van der Waals surface area contributed by atoms with Gasteiger partial charge >= 0.3 is 0 Å². The summed E-state index contributed by atoms with van der Waals surface area (Å²) >= 11 is 5.78. The zero-order valence-electron chi connectivity index (χ0n) is 8.99. The topological polar surface area (TPSA) is 72.2 Å². The van der Waals surface area contributed by atoms with Crippen LogP contribution in [-0.2, 0) is 15.6 Å². The smallest absolute Gasteiger partial charge is 0.239 e. The van der Waals surface area contributed by atoms with Crippen molar-refractivity contribution in [3.63, 3.8) is 0 Å². The first-order valence-corrected chi connectivity index (χ1v) is 6.60. The minimum Gasteiger partial charge on any atom is -0.397 e. The first kappa shape index (κ1) is 13.0. The zero-order chi connectivity index (χ0) is 12.3. The summed E-state index contributed by atoms with van der Waals surface area (Å²) in [4.78, 5) is 11.6. The molecular formula is C10H13ClN2O2S. The molecule has 0 aliphatic heterocycles. The second kappa shape index (κ2) is 5.32. The van der Waals surface area contributed by atoms with Crippen molar-refractivity contribution in [2.24, 2.45) is 0 Å². The van der Waals surface area contributed by atoms with Gasteiger partial charge in [0.05, 0.1) is 11.4 Å². The lowest BCUT2D eigenvalue weighted by Gasteiger charge is -2.11. The van der Waals surface area contributed by atoms with Crippen molar-refractivity contribution >= 4 is 39.7 Å². The van der Waals surface area contributed by atoms with E-state index in [1.807, 2.05) is 0 Å². The third-order valence-electron chi connectivity index (χ3n) is 2.14. The average molecular weight is 261 g/mol. The summed E-state index contributed by atoms with van der Waals surface area (Å²) in [5, 5.41) is 2.49. The van der Waals surface area contributed by atoms with Gasteiger partial charge in [0, 0.05) is 22.1 Å². The van der Waals surface area contributed by atoms with Gasteiger partial charge in [-0.05, 0) is 25.1 Å². The molecule has 0 aliphatic carbocycles. The molecule has 1 aromatic rings. The molecule has 88 valence electrons. The number of halogens is 1. The summed E-state index contributed by atoms with van der Waals surface area (Å²) < 4.78 is 11.1. The van der Waals surface area contributed by atoms with Gasteiger partial charge in [-0.3, -0.25) is 9.00 Å². The number of nitrogen functional groups attached to an aromatic ring is 1. The van der Waals surface area contributed by atoms with Crippen LogP contribution in [0, 0.1) is 0 Å². The van der Waals surface area contributed by atoms with E-state index in [-0.39, 0.29) is 5.91 Å². The van der Waals surface area contributed by atoms with Crippen LogP contribution >= 0.6 is 11.6 Å². The lowest BCUT2D eigenvalue weighted by atomic mass is 10.2. The van der Waals surface area contributed by atoms with Gasteiger partial charge < -0.3 is 11.1 Å². The molecule has 2 atom stereocenters. The molecule has 3 N–H and O–H groups in total. The summed E-state index contributed by atoms with van der Waals surface area (Å²) in [6, 6.07) is 4.79. The fourth-order valence-electron chi connectivity index (χ4n) is 1.02. The van der Waals surface area contributed by atoms with Crippen LogP contribution in [0.25, 0.3) is 0 Å². The van der Waals surface area contributed by atoms with Gasteiger partial charge in [-0.15, -0.1) is 0 Å². The largest absolute Gasteiger partial charge is 0.397 e. The first-order valence-electron chi connectivity index (χ1n) is 4.60. The van der Waals surface area contributed by atoms with E-state index in [0.717, 1.165) is 0 Å². The molecule has 0 aliphatic rings. The zero-order valence-corrected chi connectivity index (χ0v) is 10.6. The average Bonchev–Trinajstić information content (AvgIpc) is 2.22. The Hall–Kier alpha value is -1.07. The SMILES string of the molecule is CC(C(=O)Nc1cc(Cl)ccc1N)S(C)=O. The summed E-state index contributed by atoms with van der Waals surface area (Å²) in [6.07, 6.45) is 1.48. The molecule has 0 aromatic heterocycles. The number of amides is 1. The summed E-state index contributed by atoms with van der Waals surface area (Å²) in [5.41, 5.74) is 6.53. The van der Waals surface area contributed by atoms with Crippen molar-refractivity contribution in [3.8, 4) is 0 Å². The van der Waals surface area contributed by atoms with Crippen LogP contribution in [0.4, 0.5) is 11.4 Å². The number of carbonyl (C=O) groups excluding carboxylic acids is 1. The number of nitrogens with two attached hydrogens (primary N) is 1. The fourth-order valence-corrected chi connectivity index (χ4v) is 1.55. The molecule has 0 radical (unpaired) electrons. The number of hydrogen-bond acceptors (Lipinski definition) is 3.